The Kier molecular flexibility index (Phi) is 5.44. The summed E-state index contributed by atoms with van der Waals surface area (Å²) in [7, 11) is 0. The van der Waals surface area contributed by atoms with Gasteiger partial charge in [0, 0.05) is 21.2 Å². The number of carbonyl (C=O) groups excluding carboxylic acids is 1. The number of nitrogens with zero attached hydrogens (tertiary/aromatic N) is 2. The number of ketones is 1. The van der Waals surface area contributed by atoms with Gasteiger partial charge in [-0.25, -0.2) is 0 Å². The largest absolute Gasteiger partial charge is 0.369 e. The van der Waals surface area contributed by atoms with E-state index in [4.69, 9.17) is 23.2 Å². The molecule has 1 aromatic heterocycles. The fourth-order valence-corrected chi connectivity index (χ4v) is 3.18. The lowest BCUT2D eigenvalue weighted by Gasteiger charge is -2.23. The quantitative estimate of drug-likeness (QED) is 0.621. The molecule has 0 unspecified atom stereocenters. The molecule has 0 radical (unpaired) electrons. The van der Waals surface area contributed by atoms with Gasteiger partial charge in [-0.05, 0) is 50.6 Å². The molecule has 144 valence electrons. The zero-order chi connectivity index (χ0) is 20.6. The van der Waals surface area contributed by atoms with Crippen molar-refractivity contribution in [2.75, 3.05) is 0 Å². The number of hydrogen-bond acceptors (Lipinski definition) is 4. The molecule has 1 heterocycles. The molecule has 28 heavy (non-hydrogen) atoms. The zero-order valence-electron chi connectivity index (χ0n) is 15.5. The van der Waals surface area contributed by atoms with Crippen molar-refractivity contribution in [2.45, 2.75) is 26.5 Å². The van der Waals surface area contributed by atoms with E-state index in [1.165, 1.54) is 20.8 Å². The number of benzene rings is 2. The van der Waals surface area contributed by atoms with E-state index >= 15 is 0 Å². The normalized spacial score (nSPS) is 11.5. The first-order valence-electron chi connectivity index (χ1n) is 8.52. The van der Waals surface area contributed by atoms with Crippen molar-refractivity contribution in [3.63, 3.8) is 0 Å². The van der Waals surface area contributed by atoms with Gasteiger partial charge in [-0.2, -0.15) is 9.78 Å². The molecule has 5 nitrogen and oxygen atoms in total. The maximum Gasteiger partial charge on any atom is 0.280 e. The third kappa shape index (κ3) is 3.87. The topological polar surface area (TPSA) is 72.2 Å². The Morgan fingerprint density at radius 3 is 1.86 bits per heavy atom. The summed E-state index contributed by atoms with van der Waals surface area (Å²) < 4.78 is 0.924. The predicted octanol–water partition coefficient (Wildman–Crippen LogP) is 4.77. The zero-order valence-corrected chi connectivity index (χ0v) is 17.0. The van der Waals surface area contributed by atoms with E-state index in [2.05, 4.69) is 5.10 Å². The molecule has 0 fully saturated rings. The summed E-state index contributed by atoms with van der Waals surface area (Å²) in [4.78, 5) is 25.5. The molecular formula is C21H18Cl2N2O3. The molecule has 0 spiro atoms. The molecule has 1 N–H and O–H groups in total. The molecule has 3 rings (SSSR count). The Balaban J connectivity index is 2.48. The van der Waals surface area contributed by atoms with Gasteiger partial charge in [-0.15, -0.1) is 0 Å². The van der Waals surface area contributed by atoms with Crippen LogP contribution in [0.15, 0.2) is 53.3 Å². The Hall–Kier alpha value is -2.47. The lowest BCUT2D eigenvalue weighted by molar-refractivity contribution is -0.0149. The molecule has 0 aliphatic rings. The van der Waals surface area contributed by atoms with Crippen LogP contribution in [0.4, 0.5) is 0 Å². The number of hydrogen-bond donors (Lipinski definition) is 1. The molecular weight excluding hydrogens is 399 g/mol. The van der Waals surface area contributed by atoms with E-state index < -0.39 is 17.1 Å². The third-order valence-electron chi connectivity index (χ3n) is 4.21. The highest BCUT2D eigenvalue weighted by molar-refractivity contribution is 6.31. The van der Waals surface area contributed by atoms with Crippen LogP contribution < -0.4 is 5.56 Å². The highest BCUT2D eigenvalue weighted by Gasteiger charge is 2.28. The SMILES string of the molecule is CC(=O)c1c(-c2ccc(Cl)cc2)c(-c2ccc(Cl)cc2)nn(C(C)(C)O)c1=O. The van der Waals surface area contributed by atoms with Gasteiger partial charge in [0.25, 0.3) is 5.56 Å². The van der Waals surface area contributed by atoms with Crippen LogP contribution in [0.3, 0.4) is 0 Å². The first-order chi connectivity index (χ1) is 13.1. The summed E-state index contributed by atoms with van der Waals surface area (Å²) in [6, 6.07) is 13.7. The van der Waals surface area contributed by atoms with Gasteiger partial charge in [-0.1, -0.05) is 47.5 Å². The summed E-state index contributed by atoms with van der Waals surface area (Å²) in [5.41, 5.74) is -0.280. The van der Waals surface area contributed by atoms with Crippen LogP contribution in [0.1, 0.15) is 31.1 Å². The second-order valence-electron chi connectivity index (χ2n) is 6.88. The Labute approximate surface area is 172 Å². The molecule has 0 aliphatic carbocycles. The van der Waals surface area contributed by atoms with E-state index in [0.29, 0.717) is 32.4 Å². The van der Waals surface area contributed by atoms with E-state index in [0.717, 1.165) is 4.68 Å². The predicted molar refractivity (Wildman–Crippen MR) is 111 cm³/mol. The number of carbonyl (C=O) groups is 1. The summed E-state index contributed by atoms with van der Waals surface area (Å²) in [6.07, 6.45) is 0. The van der Waals surface area contributed by atoms with E-state index in [1.54, 1.807) is 48.5 Å². The van der Waals surface area contributed by atoms with Crippen molar-refractivity contribution >= 4 is 29.0 Å². The lowest BCUT2D eigenvalue weighted by atomic mass is 9.94. The molecule has 3 aromatic rings. The van der Waals surface area contributed by atoms with Crippen LogP contribution in [0, 0.1) is 0 Å². The Morgan fingerprint density at radius 1 is 0.964 bits per heavy atom. The number of aromatic nitrogens is 2. The van der Waals surface area contributed by atoms with Crippen LogP contribution in [-0.2, 0) is 5.72 Å². The van der Waals surface area contributed by atoms with Gasteiger partial charge in [-0.3, -0.25) is 9.59 Å². The molecule has 0 saturated heterocycles. The highest BCUT2D eigenvalue weighted by atomic mass is 35.5. The Bertz CT molecular complexity index is 1100. The highest BCUT2D eigenvalue weighted by Crippen LogP contribution is 2.34. The molecule has 0 amide bonds. The second-order valence-corrected chi connectivity index (χ2v) is 7.75. The monoisotopic (exact) mass is 416 g/mol. The first kappa shape index (κ1) is 20.3. The maximum atomic E-state index is 13.0. The van der Waals surface area contributed by atoms with Crippen LogP contribution in [0.5, 0.6) is 0 Å². The number of rotatable bonds is 4. The van der Waals surface area contributed by atoms with E-state index in [1.807, 2.05) is 0 Å². The minimum atomic E-state index is -1.60. The average Bonchev–Trinajstić information content (AvgIpc) is 2.61. The van der Waals surface area contributed by atoms with Crippen LogP contribution in [-0.4, -0.2) is 20.7 Å². The van der Waals surface area contributed by atoms with Gasteiger partial charge in [0.15, 0.2) is 11.5 Å². The van der Waals surface area contributed by atoms with Crippen LogP contribution in [0.25, 0.3) is 22.4 Å². The Morgan fingerprint density at radius 2 is 1.43 bits per heavy atom. The standard InChI is InChI=1S/C21H18Cl2N2O3/c1-12(26)17-18(13-4-8-15(22)9-5-13)19(14-6-10-16(23)11-7-14)24-25(20(17)27)21(2,3)28/h4-11,28H,1-3H3. The second kappa shape index (κ2) is 7.51. The summed E-state index contributed by atoms with van der Waals surface area (Å²) in [5.74, 6) is -0.425. The van der Waals surface area contributed by atoms with Crippen molar-refractivity contribution in [1.29, 1.82) is 0 Å². The van der Waals surface area contributed by atoms with Crippen LogP contribution >= 0.6 is 23.2 Å². The van der Waals surface area contributed by atoms with Crippen LogP contribution in [0.2, 0.25) is 10.0 Å². The smallest absolute Gasteiger partial charge is 0.280 e. The summed E-state index contributed by atoms with van der Waals surface area (Å²) in [6.45, 7) is 4.17. The lowest BCUT2D eigenvalue weighted by Crippen LogP contribution is -2.41. The molecule has 7 heteroatoms. The minimum Gasteiger partial charge on any atom is -0.369 e. The van der Waals surface area contributed by atoms with Crippen molar-refractivity contribution in [2.24, 2.45) is 0 Å². The fourth-order valence-electron chi connectivity index (χ4n) is 2.93. The van der Waals surface area contributed by atoms with Crippen molar-refractivity contribution in [1.82, 2.24) is 9.78 Å². The van der Waals surface area contributed by atoms with E-state index in [-0.39, 0.29) is 5.56 Å². The summed E-state index contributed by atoms with van der Waals surface area (Å²) in [5, 5.41) is 15.9. The van der Waals surface area contributed by atoms with Gasteiger partial charge < -0.3 is 5.11 Å². The fraction of sp³-hybridized carbons (Fsp3) is 0.190. The number of halogens is 2. The number of aliphatic hydroxyl groups is 1. The molecule has 0 atom stereocenters. The van der Waals surface area contributed by atoms with Crippen molar-refractivity contribution < 1.29 is 9.90 Å². The third-order valence-corrected chi connectivity index (χ3v) is 4.72. The van der Waals surface area contributed by atoms with E-state index in [9.17, 15) is 14.7 Å². The van der Waals surface area contributed by atoms with Crippen molar-refractivity contribution in [3.8, 4) is 22.4 Å². The average molecular weight is 417 g/mol. The van der Waals surface area contributed by atoms with Gasteiger partial charge in [0.2, 0.25) is 0 Å². The summed E-state index contributed by atoms with van der Waals surface area (Å²) >= 11 is 12.0. The van der Waals surface area contributed by atoms with Gasteiger partial charge >= 0.3 is 0 Å². The maximum absolute atomic E-state index is 13.0. The molecule has 0 aliphatic heterocycles. The molecule has 0 saturated carbocycles. The molecule has 2 aromatic carbocycles. The van der Waals surface area contributed by atoms with Gasteiger partial charge in [0.05, 0.1) is 11.3 Å². The number of Topliss-reactive ketones (excluding diaryl/α,β-unsaturated/α-hetero) is 1. The minimum absolute atomic E-state index is 0.0515. The first-order valence-corrected chi connectivity index (χ1v) is 9.28. The van der Waals surface area contributed by atoms with Crippen molar-refractivity contribution in [3.05, 3.63) is 74.5 Å². The molecule has 0 bridgehead atoms. The van der Waals surface area contributed by atoms with Gasteiger partial charge in [0.1, 0.15) is 0 Å².